The Bertz CT molecular complexity index is 519. The van der Waals surface area contributed by atoms with Crippen LogP contribution in [-0.2, 0) is 4.79 Å². The second-order valence-electron chi connectivity index (χ2n) is 5.42. The molecule has 0 aromatic carbocycles. The molecule has 2 heterocycles. The highest BCUT2D eigenvalue weighted by Crippen LogP contribution is 2.28. The van der Waals surface area contributed by atoms with Crippen LogP contribution in [0.3, 0.4) is 0 Å². The molecule has 8 nitrogen and oxygen atoms in total. The monoisotopic (exact) mass is 294 g/mol. The van der Waals surface area contributed by atoms with Crippen molar-refractivity contribution >= 4 is 17.6 Å². The first-order valence-electron chi connectivity index (χ1n) is 6.90. The number of rotatable bonds is 5. The Morgan fingerprint density at radius 2 is 2.24 bits per heavy atom. The van der Waals surface area contributed by atoms with Crippen LogP contribution in [0.4, 0.5) is 11.6 Å². The quantitative estimate of drug-likeness (QED) is 0.650. The summed E-state index contributed by atoms with van der Waals surface area (Å²) < 4.78 is 0. The van der Waals surface area contributed by atoms with Crippen LogP contribution in [0.1, 0.15) is 26.2 Å². The normalized spacial score (nSPS) is 20.0. The second-order valence-corrected chi connectivity index (χ2v) is 5.42. The molecule has 0 radical (unpaired) electrons. The summed E-state index contributed by atoms with van der Waals surface area (Å²) in [6, 6.07) is 0. The van der Waals surface area contributed by atoms with E-state index in [0.717, 1.165) is 19.4 Å². The van der Waals surface area contributed by atoms with E-state index in [2.05, 4.69) is 9.97 Å². The highest BCUT2D eigenvalue weighted by atomic mass is 16.6. The molecule has 0 saturated carbocycles. The maximum atomic E-state index is 10.8. The van der Waals surface area contributed by atoms with Crippen molar-refractivity contribution < 1.29 is 14.8 Å². The van der Waals surface area contributed by atoms with Gasteiger partial charge in [-0.1, -0.05) is 6.92 Å². The largest absolute Gasteiger partial charge is 0.481 e. The lowest BCUT2D eigenvalue weighted by molar-refractivity contribution is -0.385. The van der Waals surface area contributed by atoms with Crippen LogP contribution in [0.25, 0.3) is 0 Å². The summed E-state index contributed by atoms with van der Waals surface area (Å²) in [6.07, 6.45) is 4.48. The molecular weight excluding hydrogens is 276 g/mol. The Labute approximate surface area is 122 Å². The molecule has 1 aliphatic rings. The summed E-state index contributed by atoms with van der Waals surface area (Å²) in [6.45, 7) is 3.42. The van der Waals surface area contributed by atoms with Crippen molar-refractivity contribution in [3.05, 3.63) is 22.5 Å². The lowest BCUT2D eigenvalue weighted by Crippen LogP contribution is -2.39. The smallest absolute Gasteiger partial charge is 0.305 e. The Morgan fingerprint density at radius 1 is 1.57 bits per heavy atom. The Kier molecular flexibility index (Phi) is 4.66. The zero-order valence-corrected chi connectivity index (χ0v) is 11.8. The predicted octanol–water partition coefficient (Wildman–Crippen LogP) is 1.71. The minimum atomic E-state index is -0.786. The standard InChI is InChI=1S/C13H18N4O4/c1-9(5-12(18)19)10-3-2-4-16(8-10)13-14-6-11(7-15-13)17(20)21/h6-7,9-10H,2-5,8H2,1H3,(H,18,19). The van der Waals surface area contributed by atoms with Crippen molar-refractivity contribution in [3.63, 3.8) is 0 Å². The average Bonchev–Trinajstić information content (AvgIpc) is 2.47. The number of nitrogens with zero attached hydrogens (tertiary/aromatic N) is 4. The molecular formula is C13H18N4O4. The number of carbonyl (C=O) groups is 1. The van der Waals surface area contributed by atoms with E-state index in [9.17, 15) is 14.9 Å². The fourth-order valence-corrected chi connectivity index (χ4v) is 2.67. The fraction of sp³-hybridized carbons (Fsp3) is 0.615. The van der Waals surface area contributed by atoms with Gasteiger partial charge in [0.15, 0.2) is 0 Å². The number of hydrogen-bond acceptors (Lipinski definition) is 6. The zero-order chi connectivity index (χ0) is 15.4. The molecule has 2 rings (SSSR count). The zero-order valence-electron chi connectivity index (χ0n) is 11.8. The van der Waals surface area contributed by atoms with Crippen LogP contribution < -0.4 is 4.90 Å². The van der Waals surface area contributed by atoms with Crippen LogP contribution in [0.15, 0.2) is 12.4 Å². The van der Waals surface area contributed by atoms with Gasteiger partial charge in [0.05, 0.1) is 4.92 Å². The van der Waals surface area contributed by atoms with Crippen LogP contribution in [0.5, 0.6) is 0 Å². The molecule has 8 heteroatoms. The molecule has 1 saturated heterocycles. The third-order valence-corrected chi connectivity index (χ3v) is 3.88. The van der Waals surface area contributed by atoms with Crippen molar-refractivity contribution in [1.29, 1.82) is 0 Å². The molecule has 0 bridgehead atoms. The predicted molar refractivity (Wildman–Crippen MR) is 75.0 cm³/mol. The number of anilines is 1. The molecule has 114 valence electrons. The van der Waals surface area contributed by atoms with Crippen molar-refractivity contribution in [2.45, 2.75) is 26.2 Å². The molecule has 1 fully saturated rings. The molecule has 1 N–H and O–H groups in total. The number of piperidine rings is 1. The summed E-state index contributed by atoms with van der Waals surface area (Å²) in [5.41, 5.74) is -0.133. The van der Waals surface area contributed by atoms with Gasteiger partial charge in [0, 0.05) is 19.5 Å². The van der Waals surface area contributed by atoms with Crippen LogP contribution >= 0.6 is 0 Å². The summed E-state index contributed by atoms with van der Waals surface area (Å²) >= 11 is 0. The highest BCUT2D eigenvalue weighted by Gasteiger charge is 2.27. The van der Waals surface area contributed by atoms with Crippen LogP contribution in [0, 0.1) is 22.0 Å². The molecule has 1 aromatic rings. The topological polar surface area (TPSA) is 109 Å². The van der Waals surface area contributed by atoms with Crippen molar-refractivity contribution in [1.82, 2.24) is 9.97 Å². The maximum absolute atomic E-state index is 10.8. The van der Waals surface area contributed by atoms with Crippen molar-refractivity contribution in [3.8, 4) is 0 Å². The summed E-state index contributed by atoms with van der Waals surface area (Å²) in [7, 11) is 0. The number of hydrogen-bond donors (Lipinski definition) is 1. The lowest BCUT2D eigenvalue weighted by Gasteiger charge is -2.35. The van der Waals surface area contributed by atoms with Gasteiger partial charge in [-0.15, -0.1) is 0 Å². The van der Waals surface area contributed by atoms with E-state index in [4.69, 9.17) is 5.11 Å². The van der Waals surface area contributed by atoms with Gasteiger partial charge < -0.3 is 10.0 Å². The van der Waals surface area contributed by atoms with Gasteiger partial charge in [0.1, 0.15) is 12.4 Å². The lowest BCUT2D eigenvalue weighted by atomic mass is 9.85. The van der Waals surface area contributed by atoms with Gasteiger partial charge in [-0.2, -0.15) is 0 Å². The summed E-state index contributed by atoms with van der Waals surface area (Å²) in [5.74, 6) is 0.0380. The molecule has 0 aliphatic carbocycles. The molecule has 21 heavy (non-hydrogen) atoms. The molecule has 0 amide bonds. The number of aliphatic carboxylic acids is 1. The van der Waals surface area contributed by atoms with Crippen molar-refractivity contribution in [2.24, 2.45) is 11.8 Å². The first-order valence-corrected chi connectivity index (χ1v) is 6.90. The van der Waals surface area contributed by atoms with E-state index in [-0.39, 0.29) is 23.9 Å². The second kappa shape index (κ2) is 6.47. The molecule has 1 aliphatic heterocycles. The van der Waals surface area contributed by atoms with E-state index in [1.54, 1.807) is 0 Å². The minimum absolute atomic E-state index is 0.0864. The molecule has 1 aromatic heterocycles. The number of carboxylic acid groups (broad SMARTS) is 1. The number of carboxylic acids is 1. The first kappa shape index (κ1) is 15.1. The van der Waals surface area contributed by atoms with E-state index in [0.29, 0.717) is 12.5 Å². The van der Waals surface area contributed by atoms with Gasteiger partial charge in [-0.25, -0.2) is 9.97 Å². The van der Waals surface area contributed by atoms with Crippen molar-refractivity contribution in [2.75, 3.05) is 18.0 Å². The van der Waals surface area contributed by atoms with E-state index in [1.807, 2.05) is 11.8 Å². The fourth-order valence-electron chi connectivity index (χ4n) is 2.67. The van der Waals surface area contributed by atoms with Crippen LogP contribution in [0.2, 0.25) is 0 Å². The van der Waals surface area contributed by atoms with Gasteiger partial charge in [-0.3, -0.25) is 14.9 Å². The Balaban J connectivity index is 2.03. The number of aromatic nitrogens is 2. The summed E-state index contributed by atoms with van der Waals surface area (Å²) in [4.78, 5) is 30.9. The van der Waals surface area contributed by atoms with E-state index >= 15 is 0 Å². The van der Waals surface area contributed by atoms with Crippen LogP contribution in [-0.4, -0.2) is 39.1 Å². The SMILES string of the molecule is CC(CC(=O)O)C1CCCN(c2ncc([N+](=O)[O-])cn2)C1. The average molecular weight is 294 g/mol. The van der Waals surface area contributed by atoms with Gasteiger partial charge in [0.2, 0.25) is 5.95 Å². The Hall–Kier alpha value is -2.25. The Morgan fingerprint density at radius 3 is 2.81 bits per heavy atom. The first-order chi connectivity index (χ1) is 9.97. The van der Waals surface area contributed by atoms with Gasteiger partial charge in [0.25, 0.3) is 0 Å². The minimum Gasteiger partial charge on any atom is -0.481 e. The van der Waals surface area contributed by atoms with E-state index in [1.165, 1.54) is 12.4 Å². The third kappa shape index (κ3) is 3.87. The maximum Gasteiger partial charge on any atom is 0.305 e. The molecule has 2 unspecified atom stereocenters. The van der Waals surface area contributed by atoms with Gasteiger partial charge >= 0.3 is 11.7 Å². The number of nitro groups is 1. The summed E-state index contributed by atoms with van der Waals surface area (Å²) in [5, 5.41) is 19.5. The molecule has 2 atom stereocenters. The highest BCUT2D eigenvalue weighted by molar-refractivity contribution is 5.67. The third-order valence-electron chi connectivity index (χ3n) is 3.88. The molecule has 0 spiro atoms. The van der Waals surface area contributed by atoms with E-state index < -0.39 is 10.9 Å². The van der Waals surface area contributed by atoms with Gasteiger partial charge in [-0.05, 0) is 24.7 Å².